The monoisotopic (exact) mass is 202 g/mol. The predicted octanol–water partition coefficient (Wildman–Crippen LogP) is 3.04. The molecule has 0 bridgehead atoms. The molecule has 0 aliphatic heterocycles. The molecule has 0 unspecified atom stereocenters. The SMILES string of the molecule is S=c1c2cc3ccccc3o[nH]nc12. The van der Waals surface area contributed by atoms with Crippen molar-refractivity contribution < 1.29 is 4.52 Å². The van der Waals surface area contributed by atoms with E-state index in [0.29, 0.717) is 0 Å². The Balaban J connectivity index is 2.54. The van der Waals surface area contributed by atoms with Crippen molar-refractivity contribution in [2.24, 2.45) is 0 Å². The van der Waals surface area contributed by atoms with Gasteiger partial charge in [-0.1, -0.05) is 30.4 Å². The van der Waals surface area contributed by atoms with Crippen LogP contribution in [0.5, 0.6) is 0 Å². The lowest BCUT2D eigenvalue weighted by atomic mass is 10.2. The first-order valence-electron chi connectivity index (χ1n) is 4.21. The molecular weight excluding hydrogens is 196 g/mol. The predicted molar refractivity (Wildman–Crippen MR) is 56.7 cm³/mol. The smallest absolute Gasteiger partial charge is 0.164 e. The van der Waals surface area contributed by atoms with Crippen LogP contribution in [0.25, 0.3) is 21.9 Å². The van der Waals surface area contributed by atoms with Gasteiger partial charge in [-0.2, -0.15) is 0 Å². The fourth-order valence-electron chi connectivity index (χ4n) is 1.38. The molecule has 1 aromatic heterocycles. The van der Waals surface area contributed by atoms with Gasteiger partial charge < -0.3 is 4.52 Å². The van der Waals surface area contributed by atoms with Crippen molar-refractivity contribution in [3.63, 3.8) is 0 Å². The standard InChI is InChI=1S/C10H6N2OS/c14-10-7-5-6-3-1-2-4-8(6)13-12-11-9(7)10/h1-5,12H. The Hall–Kier alpha value is -1.68. The van der Waals surface area contributed by atoms with Crippen molar-refractivity contribution in [1.82, 2.24) is 10.4 Å². The minimum atomic E-state index is 0.762. The zero-order valence-corrected chi connectivity index (χ0v) is 7.97. The van der Waals surface area contributed by atoms with Crippen LogP contribution in [0.3, 0.4) is 0 Å². The maximum absolute atomic E-state index is 5.23. The van der Waals surface area contributed by atoms with Gasteiger partial charge in [-0.05, 0) is 12.1 Å². The Morgan fingerprint density at radius 1 is 1.29 bits per heavy atom. The molecule has 0 saturated heterocycles. The first-order valence-corrected chi connectivity index (χ1v) is 4.62. The normalized spacial score (nSPS) is 11.1. The summed E-state index contributed by atoms with van der Waals surface area (Å²) in [5.74, 6) is 0. The van der Waals surface area contributed by atoms with Crippen molar-refractivity contribution in [2.45, 2.75) is 0 Å². The van der Waals surface area contributed by atoms with E-state index < -0.39 is 0 Å². The van der Waals surface area contributed by atoms with E-state index in [1.54, 1.807) is 0 Å². The Kier molecular flexibility index (Phi) is 1.46. The van der Waals surface area contributed by atoms with E-state index in [-0.39, 0.29) is 0 Å². The van der Waals surface area contributed by atoms with E-state index in [0.717, 1.165) is 26.4 Å². The molecule has 1 N–H and O–H groups in total. The zero-order chi connectivity index (χ0) is 9.54. The van der Waals surface area contributed by atoms with Crippen LogP contribution in [0.1, 0.15) is 0 Å². The van der Waals surface area contributed by atoms with Crippen molar-refractivity contribution in [2.75, 3.05) is 0 Å². The molecule has 0 fully saturated rings. The van der Waals surface area contributed by atoms with Crippen LogP contribution >= 0.6 is 12.2 Å². The van der Waals surface area contributed by atoms with Crippen LogP contribution in [0.15, 0.2) is 34.9 Å². The summed E-state index contributed by atoms with van der Waals surface area (Å²) in [7, 11) is 0. The summed E-state index contributed by atoms with van der Waals surface area (Å²) in [6.45, 7) is 0. The molecule has 0 amide bonds. The van der Waals surface area contributed by atoms with Gasteiger partial charge in [0.05, 0.1) is 4.51 Å². The van der Waals surface area contributed by atoms with Gasteiger partial charge in [0.25, 0.3) is 0 Å². The molecule has 1 heterocycles. The number of rotatable bonds is 0. The maximum Gasteiger partial charge on any atom is 0.164 e. The molecule has 0 radical (unpaired) electrons. The highest BCUT2D eigenvalue weighted by Crippen LogP contribution is 2.25. The van der Waals surface area contributed by atoms with E-state index in [2.05, 4.69) is 10.4 Å². The number of aromatic nitrogens is 2. The fourth-order valence-corrected chi connectivity index (χ4v) is 1.65. The Morgan fingerprint density at radius 2 is 2.14 bits per heavy atom. The summed E-state index contributed by atoms with van der Waals surface area (Å²) in [5, 5.41) is 8.54. The number of aromatic amines is 1. The molecule has 4 heteroatoms. The van der Waals surface area contributed by atoms with Gasteiger partial charge in [0.15, 0.2) is 5.58 Å². The lowest BCUT2D eigenvalue weighted by Crippen LogP contribution is -1.72. The molecule has 3 rings (SSSR count). The third kappa shape index (κ3) is 1.04. The molecule has 0 aliphatic carbocycles. The number of hydrogen-bond donors (Lipinski definition) is 1. The molecule has 0 saturated carbocycles. The van der Waals surface area contributed by atoms with Crippen molar-refractivity contribution in [1.29, 1.82) is 0 Å². The zero-order valence-electron chi connectivity index (χ0n) is 7.15. The molecule has 68 valence electrons. The van der Waals surface area contributed by atoms with Crippen molar-refractivity contribution >= 4 is 34.1 Å². The molecule has 3 nitrogen and oxygen atoms in total. The maximum atomic E-state index is 5.23. The second-order valence-corrected chi connectivity index (χ2v) is 3.49. The molecular formula is C10H6N2OS. The topological polar surface area (TPSA) is 41.8 Å². The highest BCUT2D eigenvalue weighted by atomic mass is 32.1. The molecule has 14 heavy (non-hydrogen) atoms. The van der Waals surface area contributed by atoms with Gasteiger partial charge in [0, 0.05) is 10.8 Å². The molecule has 0 atom stereocenters. The Bertz CT molecular complexity index is 668. The summed E-state index contributed by atoms with van der Waals surface area (Å²) in [5.41, 5.74) is 1.59. The number of nitrogens with zero attached hydrogens (tertiary/aromatic N) is 1. The van der Waals surface area contributed by atoms with Crippen LogP contribution in [0.2, 0.25) is 0 Å². The van der Waals surface area contributed by atoms with Crippen LogP contribution in [-0.4, -0.2) is 10.4 Å². The number of nitrogens with one attached hydrogen (secondary N) is 1. The summed E-state index contributed by atoms with van der Waals surface area (Å²) in [4.78, 5) is 0. The largest absolute Gasteiger partial charge is 0.365 e. The van der Waals surface area contributed by atoms with E-state index in [9.17, 15) is 0 Å². The third-order valence-corrected chi connectivity index (χ3v) is 2.60. The second kappa shape index (κ2) is 2.65. The van der Waals surface area contributed by atoms with Crippen LogP contribution < -0.4 is 0 Å². The van der Waals surface area contributed by atoms with Gasteiger partial charge in [-0.15, -0.1) is 10.4 Å². The summed E-state index contributed by atoms with van der Waals surface area (Å²) in [6, 6.07) is 9.73. The lowest BCUT2D eigenvalue weighted by molar-refractivity contribution is 0.407. The first kappa shape index (κ1) is 7.70. The van der Waals surface area contributed by atoms with Crippen LogP contribution in [-0.2, 0) is 0 Å². The van der Waals surface area contributed by atoms with E-state index in [1.165, 1.54) is 0 Å². The lowest BCUT2D eigenvalue weighted by Gasteiger charge is -1.89. The number of hydrogen-bond acceptors (Lipinski definition) is 3. The highest BCUT2D eigenvalue weighted by molar-refractivity contribution is 7.72. The Morgan fingerprint density at radius 3 is 3.07 bits per heavy atom. The van der Waals surface area contributed by atoms with Crippen LogP contribution in [0.4, 0.5) is 0 Å². The minimum Gasteiger partial charge on any atom is -0.365 e. The van der Waals surface area contributed by atoms with E-state index in [4.69, 9.17) is 16.7 Å². The van der Waals surface area contributed by atoms with Gasteiger partial charge in [-0.25, -0.2) is 0 Å². The molecule has 0 aliphatic rings. The van der Waals surface area contributed by atoms with E-state index in [1.807, 2.05) is 30.3 Å². The quantitative estimate of drug-likeness (QED) is 0.570. The Labute approximate surface area is 84.3 Å². The summed E-state index contributed by atoms with van der Waals surface area (Å²) < 4.78 is 6.05. The molecule has 0 spiro atoms. The first-order chi connectivity index (χ1) is 6.86. The molecule has 2 aromatic carbocycles. The fraction of sp³-hybridized carbons (Fsp3) is 0. The average molecular weight is 202 g/mol. The van der Waals surface area contributed by atoms with Gasteiger partial charge in [-0.3, -0.25) is 0 Å². The third-order valence-electron chi connectivity index (χ3n) is 2.18. The van der Waals surface area contributed by atoms with E-state index >= 15 is 0 Å². The van der Waals surface area contributed by atoms with Crippen molar-refractivity contribution in [3.8, 4) is 0 Å². The highest BCUT2D eigenvalue weighted by Gasteiger charge is 2.07. The number of para-hydroxylation sites is 1. The number of benzene rings is 1. The molecule has 3 aromatic rings. The average Bonchev–Trinajstić information content (AvgIpc) is 2.76. The number of H-pyrrole nitrogens is 1. The van der Waals surface area contributed by atoms with Gasteiger partial charge in [0.1, 0.15) is 5.52 Å². The van der Waals surface area contributed by atoms with Crippen LogP contribution in [0, 0.1) is 4.51 Å². The summed E-state index contributed by atoms with van der Waals surface area (Å²) >= 11 is 5.08. The second-order valence-electron chi connectivity index (χ2n) is 3.08. The minimum absolute atomic E-state index is 0.762. The van der Waals surface area contributed by atoms with Crippen molar-refractivity contribution in [3.05, 3.63) is 34.8 Å². The van der Waals surface area contributed by atoms with Gasteiger partial charge >= 0.3 is 0 Å². The summed E-state index contributed by atoms with van der Waals surface area (Å²) in [6.07, 6.45) is 0. The van der Waals surface area contributed by atoms with Gasteiger partial charge in [0.2, 0.25) is 0 Å². The number of fused-ring (bicyclic) bond motifs is 2.